The van der Waals surface area contributed by atoms with Crippen LogP contribution in [0, 0.1) is 5.41 Å². The number of hydrogen-bond donors (Lipinski definition) is 1. The van der Waals surface area contributed by atoms with Gasteiger partial charge >= 0.3 is 0 Å². The van der Waals surface area contributed by atoms with Gasteiger partial charge in [0, 0.05) is 19.6 Å². The van der Waals surface area contributed by atoms with Crippen LogP contribution in [0.25, 0.3) is 0 Å². The molecule has 0 aromatic heterocycles. The van der Waals surface area contributed by atoms with Crippen LogP contribution in [0.5, 0.6) is 0 Å². The predicted octanol–water partition coefficient (Wildman–Crippen LogP) is 1.02. The molecule has 1 unspecified atom stereocenters. The number of nitrogens with one attached hydrogen (secondary N) is 1. The monoisotopic (exact) mass is 196 g/mol. The van der Waals surface area contributed by atoms with E-state index in [4.69, 9.17) is 0 Å². The van der Waals surface area contributed by atoms with Gasteiger partial charge in [0.2, 0.25) is 5.91 Å². The first-order chi connectivity index (χ1) is 6.64. The molecule has 0 aromatic rings. The normalized spacial score (nSPS) is 26.1. The third-order valence-corrected chi connectivity index (χ3v) is 2.90. The summed E-state index contributed by atoms with van der Waals surface area (Å²) in [7, 11) is 0. The van der Waals surface area contributed by atoms with Crippen LogP contribution in [0.1, 0.15) is 20.3 Å². The standard InChI is InChI=1S/C11H20N2O/c1-4-8-13(5-2)10(14)11(3)6-7-12-9-11/h4,12H,1,5-9H2,2-3H3. The van der Waals surface area contributed by atoms with Crippen molar-refractivity contribution >= 4 is 5.91 Å². The summed E-state index contributed by atoms with van der Waals surface area (Å²) in [6.45, 7) is 10.9. The molecule has 0 aromatic carbocycles. The van der Waals surface area contributed by atoms with Crippen molar-refractivity contribution < 1.29 is 4.79 Å². The Hall–Kier alpha value is -0.830. The summed E-state index contributed by atoms with van der Waals surface area (Å²) in [5.41, 5.74) is -0.195. The van der Waals surface area contributed by atoms with Crippen LogP contribution in [-0.2, 0) is 4.79 Å². The lowest BCUT2D eigenvalue weighted by molar-refractivity contribution is -0.139. The van der Waals surface area contributed by atoms with Crippen LogP contribution in [0.2, 0.25) is 0 Å². The maximum Gasteiger partial charge on any atom is 0.230 e. The Morgan fingerprint density at radius 1 is 1.71 bits per heavy atom. The van der Waals surface area contributed by atoms with Crippen molar-refractivity contribution in [2.75, 3.05) is 26.2 Å². The van der Waals surface area contributed by atoms with Gasteiger partial charge in [-0.25, -0.2) is 0 Å². The third-order valence-electron chi connectivity index (χ3n) is 2.90. The smallest absolute Gasteiger partial charge is 0.230 e. The molecule has 0 aliphatic carbocycles. The van der Waals surface area contributed by atoms with Crippen LogP contribution < -0.4 is 5.32 Å². The van der Waals surface area contributed by atoms with E-state index in [1.54, 1.807) is 6.08 Å². The molecule has 1 saturated heterocycles. The maximum absolute atomic E-state index is 12.1. The molecule has 1 heterocycles. The molecule has 0 spiro atoms. The van der Waals surface area contributed by atoms with Gasteiger partial charge in [0.1, 0.15) is 0 Å². The second-order valence-electron chi connectivity index (χ2n) is 4.12. The number of nitrogens with zero attached hydrogens (tertiary/aromatic N) is 1. The second-order valence-corrected chi connectivity index (χ2v) is 4.12. The fourth-order valence-corrected chi connectivity index (χ4v) is 1.89. The Kier molecular flexibility index (Phi) is 3.69. The van der Waals surface area contributed by atoms with E-state index in [1.807, 2.05) is 18.7 Å². The zero-order chi connectivity index (χ0) is 10.6. The average molecular weight is 196 g/mol. The number of amides is 1. The number of carbonyl (C=O) groups excluding carboxylic acids is 1. The molecule has 1 amide bonds. The van der Waals surface area contributed by atoms with Crippen LogP contribution in [-0.4, -0.2) is 37.0 Å². The summed E-state index contributed by atoms with van der Waals surface area (Å²) in [5.74, 6) is 0.255. The topological polar surface area (TPSA) is 32.3 Å². The SMILES string of the molecule is C=CCN(CC)C(=O)C1(C)CCNC1. The van der Waals surface area contributed by atoms with Crippen molar-refractivity contribution in [1.29, 1.82) is 0 Å². The molecule has 1 N–H and O–H groups in total. The van der Waals surface area contributed by atoms with Gasteiger partial charge in [0.15, 0.2) is 0 Å². The lowest BCUT2D eigenvalue weighted by Crippen LogP contribution is -2.43. The van der Waals surface area contributed by atoms with E-state index in [0.717, 1.165) is 26.1 Å². The highest BCUT2D eigenvalue weighted by molar-refractivity contribution is 5.83. The highest BCUT2D eigenvalue weighted by atomic mass is 16.2. The molecule has 1 rings (SSSR count). The van der Waals surface area contributed by atoms with Crippen molar-refractivity contribution in [1.82, 2.24) is 10.2 Å². The van der Waals surface area contributed by atoms with Gasteiger partial charge in [-0.15, -0.1) is 6.58 Å². The summed E-state index contributed by atoms with van der Waals surface area (Å²) >= 11 is 0. The summed E-state index contributed by atoms with van der Waals surface area (Å²) in [4.78, 5) is 14.0. The van der Waals surface area contributed by atoms with Gasteiger partial charge in [0.05, 0.1) is 5.41 Å². The van der Waals surface area contributed by atoms with E-state index in [9.17, 15) is 4.79 Å². The molecule has 80 valence electrons. The first-order valence-electron chi connectivity index (χ1n) is 5.25. The molecule has 0 saturated carbocycles. The van der Waals surface area contributed by atoms with E-state index in [-0.39, 0.29) is 11.3 Å². The molecule has 3 heteroatoms. The zero-order valence-corrected chi connectivity index (χ0v) is 9.18. The van der Waals surface area contributed by atoms with E-state index in [1.165, 1.54) is 0 Å². The van der Waals surface area contributed by atoms with Crippen molar-refractivity contribution in [3.63, 3.8) is 0 Å². The van der Waals surface area contributed by atoms with Gasteiger partial charge in [-0.3, -0.25) is 4.79 Å². The lowest BCUT2D eigenvalue weighted by atomic mass is 9.88. The third kappa shape index (κ3) is 2.15. The molecule has 3 nitrogen and oxygen atoms in total. The highest BCUT2D eigenvalue weighted by Gasteiger charge is 2.38. The zero-order valence-electron chi connectivity index (χ0n) is 9.18. The average Bonchev–Trinajstić information content (AvgIpc) is 2.62. The van der Waals surface area contributed by atoms with Crippen molar-refractivity contribution in [3.8, 4) is 0 Å². The molecule has 0 radical (unpaired) electrons. The van der Waals surface area contributed by atoms with Crippen LogP contribution in [0.3, 0.4) is 0 Å². The molecule has 1 fully saturated rings. The van der Waals surface area contributed by atoms with E-state index in [2.05, 4.69) is 11.9 Å². The Bertz CT molecular complexity index is 219. The Morgan fingerprint density at radius 2 is 2.43 bits per heavy atom. The molecular weight excluding hydrogens is 176 g/mol. The Morgan fingerprint density at radius 3 is 2.86 bits per heavy atom. The summed E-state index contributed by atoms with van der Waals surface area (Å²) < 4.78 is 0. The summed E-state index contributed by atoms with van der Waals surface area (Å²) in [5, 5.41) is 3.24. The predicted molar refractivity (Wildman–Crippen MR) is 58.0 cm³/mol. The number of hydrogen-bond acceptors (Lipinski definition) is 2. The van der Waals surface area contributed by atoms with Gasteiger partial charge < -0.3 is 10.2 Å². The number of carbonyl (C=O) groups is 1. The Labute approximate surface area is 86.2 Å². The van der Waals surface area contributed by atoms with E-state index >= 15 is 0 Å². The van der Waals surface area contributed by atoms with Crippen molar-refractivity contribution in [2.24, 2.45) is 5.41 Å². The Balaban J connectivity index is 2.65. The van der Waals surface area contributed by atoms with Gasteiger partial charge in [0.25, 0.3) is 0 Å². The quantitative estimate of drug-likeness (QED) is 0.681. The van der Waals surface area contributed by atoms with E-state index < -0.39 is 0 Å². The van der Waals surface area contributed by atoms with Crippen molar-refractivity contribution in [2.45, 2.75) is 20.3 Å². The highest BCUT2D eigenvalue weighted by Crippen LogP contribution is 2.26. The van der Waals surface area contributed by atoms with Crippen LogP contribution in [0.4, 0.5) is 0 Å². The van der Waals surface area contributed by atoms with Crippen LogP contribution in [0.15, 0.2) is 12.7 Å². The molecule has 1 aliphatic rings. The number of rotatable bonds is 4. The fourth-order valence-electron chi connectivity index (χ4n) is 1.89. The lowest BCUT2D eigenvalue weighted by Gasteiger charge is -2.29. The van der Waals surface area contributed by atoms with Gasteiger partial charge in [-0.05, 0) is 26.8 Å². The second kappa shape index (κ2) is 4.60. The molecular formula is C11H20N2O. The van der Waals surface area contributed by atoms with Crippen molar-refractivity contribution in [3.05, 3.63) is 12.7 Å². The first kappa shape index (κ1) is 11.2. The van der Waals surface area contributed by atoms with Gasteiger partial charge in [-0.2, -0.15) is 0 Å². The molecule has 1 atom stereocenters. The fraction of sp³-hybridized carbons (Fsp3) is 0.727. The van der Waals surface area contributed by atoms with Crippen LogP contribution >= 0.6 is 0 Å². The minimum atomic E-state index is -0.195. The molecule has 14 heavy (non-hydrogen) atoms. The minimum absolute atomic E-state index is 0.195. The summed E-state index contributed by atoms with van der Waals surface area (Å²) in [6, 6.07) is 0. The number of likely N-dealkylation sites (N-methyl/N-ethyl adjacent to an activating group) is 1. The summed E-state index contributed by atoms with van der Waals surface area (Å²) in [6.07, 6.45) is 2.73. The molecule has 0 bridgehead atoms. The van der Waals surface area contributed by atoms with Gasteiger partial charge in [-0.1, -0.05) is 6.08 Å². The van der Waals surface area contributed by atoms with E-state index in [0.29, 0.717) is 6.54 Å². The maximum atomic E-state index is 12.1. The minimum Gasteiger partial charge on any atom is -0.339 e. The molecule has 1 aliphatic heterocycles. The first-order valence-corrected chi connectivity index (χ1v) is 5.25. The largest absolute Gasteiger partial charge is 0.339 e.